The van der Waals surface area contributed by atoms with E-state index in [1.807, 2.05) is 13.0 Å². The van der Waals surface area contributed by atoms with Crippen molar-refractivity contribution in [2.75, 3.05) is 20.8 Å². The summed E-state index contributed by atoms with van der Waals surface area (Å²) >= 11 is 0. The molecule has 80 valence electrons. The summed E-state index contributed by atoms with van der Waals surface area (Å²) in [6.07, 6.45) is 0. The molecule has 0 aromatic heterocycles. The fourth-order valence-electron chi connectivity index (χ4n) is 1.22. The Bertz CT molecular complexity index is 382. The highest BCUT2D eigenvalue weighted by molar-refractivity contribution is 5.55. The van der Waals surface area contributed by atoms with Crippen LogP contribution in [0.4, 0.5) is 0 Å². The molecule has 0 radical (unpaired) electrons. The highest BCUT2D eigenvalue weighted by Gasteiger charge is 2.11. The van der Waals surface area contributed by atoms with Gasteiger partial charge in [-0.25, -0.2) is 0 Å². The highest BCUT2D eigenvalue weighted by atomic mass is 16.5. The molecule has 1 aromatic carbocycles. The number of methoxy groups -OCH3 is 2. The van der Waals surface area contributed by atoms with Gasteiger partial charge in [0, 0.05) is 12.1 Å². The molecule has 0 amide bonds. The lowest BCUT2D eigenvalue weighted by molar-refractivity contribution is 0.326. The van der Waals surface area contributed by atoms with Crippen LogP contribution in [0.15, 0.2) is 12.1 Å². The Balaban J connectivity index is 3.22. The minimum Gasteiger partial charge on any atom is -0.493 e. The first-order valence-corrected chi connectivity index (χ1v) is 4.55. The molecule has 1 rings (SSSR count). The average Bonchev–Trinajstić information content (AvgIpc) is 2.28. The number of benzene rings is 1. The van der Waals surface area contributed by atoms with Crippen molar-refractivity contribution in [3.05, 3.63) is 17.7 Å². The second-order valence-electron chi connectivity index (χ2n) is 2.75. The summed E-state index contributed by atoms with van der Waals surface area (Å²) in [6, 6.07) is 5.30. The zero-order valence-corrected chi connectivity index (χ0v) is 9.03. The number of ether oxygens (including phenoxy) is 3. The van der Waals surface area contributed by atoms with Gasteiger partial charge in [-0.15, -0.1) is 0 Å². The van der Waals surface area contributed by atoms with E-state index in [9.17, 15) is 0 Å². The predicted molar refractivity (Wildman–Crippen MR) is 55.4 cm³/mol. The van der Waals surface area contributed by atoms with Crippen LogP contribution in [0.5, 0.6) is 17.2 Å². The standard InChI is InChI=1S/C11H13NO3/c1-4-15-9-6-11(14-3)10(13-2)5-8(9)7-12/h5-6H,4H2,1-3H3. The van der Waals surface area contributed by atoms with Crippen molar-refractivity contribution in [1.29, 1.82) is 5.26 Å². The zero-order valence-electron chi connectivity index (χ0n) is 9.03. The third-order valence-electron chi connectivity index (χ3n) is 1.91. The first-order valence-electron chi connectivity index (χ1n) is 4.55. The van der Waals surface area contributed by atoms with Crippen LogP contribution in [-0.2, 0) is 0 Å². The van der Waals surface area contributed by atoms with E-state index in [0.29, 0.717) is 29.4 Å². The van der Waals surface area contributed by atoms with E-state index in [1.165, 1.54) is 7.11 Å². The summed E-state index contributed by atoms with van der Waals surface area (Å²) in [5, 5.41) is 8.90. The summed E-state index contributed by atoms with van der Waals surface area (Å²) < 4.78 is 15.5. The van der Waals surface area contributed by atoms with Crippen LogP contribution in [-0.4, -0.2) is 20.8 Å². The second kappa shape index (κ2) is 5.11. The van der Waals surface area contributed by atoms with Crippen LogP contribution in [0, 0.1) is 11.3 Å². The Kier molecular flexibility index (Phi) is 3.81. The number of nitriles is 1. The average molecular weight is 207 g/mol. The highest BCUT2D eigenvalue weighted by Crippen LogP contribution is 2.34. The minimum atomic E-state index is 0.439. The maximum Gasteiger partial charge on any atom is 0.164 e. The summed E-state index contributed by atoms with van der Waals surface area (Å²) in [5.41, 5.74) is 0.439. The lowest BCUT2D eigenvalue weighted by Gasteiger charge is -2.11. The fourth-order valence-corrected chi connectivity index (χ4v) is 1.22. The molecule has 0 saturated carbocycles. The molecule has 0 N–H and O–H groups in total. The Morgan fingerprint density at radius 3 is 2.20 bits per heavy atom. The van der Waals surface area contributed by atoms with E-state index in [2.05, 4.69) is 0 Å². The molecule has 0 bridgehead atoms. The van der Waals surface area contributed by atoms with Crippen molar-refractivity contribution >= 4 is 0 Å². The van der Waals surface area contributed by atoms with Gasteiger partial charge in [-0.3, -0.25) is 0 Å². The third-order valence-corrected chi connectivity index (χ3v) is 1.91. The molecular formula is C11H13NO3. The SMILES string of the molecule is CCOc1cc(OC)c(OC)cc1C#N. The van der Waals surface area contributed by atoms with Gasteiger partial charge in [0.2, 0.25) is 0 Å². The van der Waals surface area contributed by atoms with Gasteiger partial charge in [-0.2, -0.15) is 5.26 Å². The van der Waals surface area contributed by atoms with E-state index < -0.39 is 0 Å². The van der Waals surface area contributed by atoms with Crippen LogP contribution in [0.2, 0.25) is 0 Å². The number of hydrogen-bond donors (Lipinski definition) is 0. The molecule has 0 aliphatic rings. The normalized spacial score (nSPS) is 9.20. The van der Waals surface area contributed by atoms with E-state index in [1.54, 1.807) is 19.2 Å². The summed E-state index contributed by atoms with van der Waals surface area (Å²) in [7, 11) is 3.07. The van der Waals surface area contributed by atoms with Gasteiger partial charge >= 0.3 is 0 Å². The van der Waals surface area contributed by atoms with Crippen LogP contribution in [0.3, 0.4) is 0 Å². The van der Waals surface area contributed by atoms with E-state index in [4.69, 9.17) is 19.5 Å². The quantitative estimate of drug-likeness (QED) is 0.757. The zero-order chi connectivity index (χ0) is 11.3. The third kappa shape index (κ3) is 2.32. The van der Waals surface area contributed by atoms with Crippen molar-refractivity contribution in [3.8, 4) is 23.3 Å². The first kappa shape index (κ1) is 11.2. The van der Waals surface area contributed by atoms with Gasteiger partial charge < -0.3 is 14.2 Å². The first-order chi connectivity index (χ1) is 7.26. The second-order valence-corrected chi connectivity index (χ2v) is 2.75. The van der Waals surface area contributed by atoms with Gasteiger partial charge in [-0.05, 0) is 6.92 Å². The molecule has 0 fully saturated rings. The molecule has 0 heterocycles. The molecular weight excluding hydrogens is 194 g/mol. The Labute approximate surface area is 89.0 Å². The molecule has 1 aromatic rings. The lowest BCUT2D eigenvalue weighted by atomic mass is 10.2. The summed E-state index contributed by atoms with van der Waals surface area (Å²) in [5.74, 6) is 1.59. The number of nitrogens with zero attached hydrogens (tertiary/aromatic N) is 1. The topological polar surface area (TPSA) is 51.5 Å². The molecule has 0 spiro atoms. The van der Waals surface area contributed by atoms with Crippen molar-refractivity contribution in [2.24, 2.45) is 0 Å². The largest absolute Gasteiger partial charge is 0.493 e. The number of rotatable bonds is 4. The van der Waals surface area contributed by atoms with Gasteiger partial charge in [0.05, 0.1) is 26.4 Å². The van der Waals surface area contributed by atoms with Crippen molar-refractivity contribution < 1.29 is 14.2 Å². The van der Waals surface area contributed by atoms with Crippen LogP contribution in [0.1, 0.15) is 12.5 Å². The lowest BCUT2D eigenvalue weighted by Crippen LogP contribution is -1.97. The van der Waals surface area contributed by atoms with Crippen LogP contribution in [0.25, 0.3) is 0 Å². The van der Waals surface area contributed by atoms with E-state index in [-0.39, 0.29) is 0 Å². The summed E-state index contributed by atoms with van der Waals surface area (Å²) in [6.45, 7) is 2.36. The molecule has 0 unspecified atom stereocenters. The Hall–Kier alpha value is -1.89. The molecule has 0 saturated heterocycles. The Morgan fingerprint density at radius 1 is 1.13 bits per heavy atom. The maximum absolute atomic E-state index is 8.90. The molecule has 0 aliphatic carbocycles. The minimum absolute atomic E-state index is 0.439. The van der Waals surface area contributed by atoms with E-state index in [0.717, 1.165) is 0 Å². The van der Waals surface area contributed by atoms with Gasteiger partial charge in [-0.1, -0.05) is 0 Å². The van der Waals surface area contributed by atoms with Crippen LogP contribution >= 0.6 is 0 Å². The molecule has 0 atom stereocenters. The predicted octanol–water partition coefficient (Wildman–Crippen LogP) is 1.97. The van der Waals surface area contributed by atoms with E-state index >= 15 is 0 Å². The molecule has 15 heavy (non-hydrogen) atoms. The molecule has 4 heteroatoms. The summed E-state index contributed by atoms with van der Waals surface area (Å²) in [4.78, 5) is 0. The number of hydrogen-bond acceptors (Lipinski definition) is 4. The van der Waals surface area contributed by atoms with Gasteiger partial charge in [0.15, 0.2) is 11.5 Å². The van der Waals surface area contributed by atoms with Gasteiger partial charge in [0.25, 0.3) is 0 Å². The maximum atomic E-state index is 8.90. The smallest absolute Gasteiger partial charge is 0.164 e. The van der Waals surface area contributed by atoms with Crippen molar-refractivity contribution in [2.45, 2.75) is 6.92 Å². The van der Waals surface area contributed by atoms with Crippen molar-refractivity contribution in [1.82, 2.24) is 0 Å². The Morgan fingerprint density at radius 2 is 1.73 bits per heavy atom. The van der Waals surface area contributed by atoms with Crippen molar-refractivity contribution in [3.63, 3.8) is 0 Å². The van der Waals surface area contributed by atoms with Crippen LogP contribution < -0.4 is 14.2 Å². The monoisotopic (exact) mass is 207 g/mol. The molecule has 0 aliphatic heterocycles. The fraction of sp³-hybridized carbons (Fsp3) is 0.364. The van der Waals surface area contributed by atoms with Gasteiger partial charge in [0.1, 0.15) is 11.8 Å². The molecule has 4 nitrogen and oxygen atoms in total.